The maximum absolute atomic E-state index is 11.5. The fourth-order valence-corrected chi connectivity index (χ4v) is 2.95. The highest BCUT2D eigenvalue weighted by Crippen LogP contribution is 2.11. The molecule has 0 saturated carbocycles. The van der Waals surface area contributed by atoms with E-state index < -0.39 is 6.03 Å². The molecule has 4 rings (SSSR count). The first kappa shape index (κ1) is 27.5. The van der Waals surface area contributed by atoms with E-state index in [1.54, 1.807) is 18.3 Å². The summed E-state index contributed by atoms with van der Waals surface area (Å²) in [5.74, 6) is 1.01. The van der Waals surface area contributed by atoms with Gasteiger partial charge in [-0.25, -0.2) is 24.4 Å². The molecular formula is C19H22N12O3S2. The van der Waals surface area contributed by atoms with Crippen LogP contribution in [0.2, 0.25) is 0 Å². The molecule has 4 aromatic heterocycles. The van der Waals surface area contributed by atoms with Crippen molar-refractivity contribution in [2.75, 3.05) is 21.3 Å². The zero-order chi connectivity index (χ0) is 26.3. The minimum Gasteiger partial charge on any atom is -0.352 e. The minimum atomic E-state index is -0.833. The Labute approximate surface area is 213 Å². The fraction of sp³-hybridized carbons (Fsp3) is 0.105. The van der Waals surface area contributed by atoms with Gasteiger partial charge in [-0.15, -0.1) is 10.2 Å². The predicted octanol–water partition coefficient (Wildman–Crippen LogP) is 2.79. The Bertz CT molecular complexity index is 1230. The summed E-state index contributed by atoms with van der Waals surface area (Å²) >= 11 is 2.22. The number of urea groups is 3. The summed E-state index contributed by atoms with van der Waals surface area (Å²) in [7, 11) is 0. The summed E-state index contributed by atoms with van der Waals surface area (Å²) < 4.78 is 7.26. The third kappa shape index (κ3) is 11.4. The average molecular weight is 531 g/mol. The van der Waals surface area contributed by atoms with Gasteiger partial charge in [-0.05, 0) is 37.6 Å². The number of nitrogens with zero attached hydrogens (tertiary/aromatic N) is 6. The Hall–Kier alpha value is -4.77. The largest absolute Gasteiger partial charge is 0.352 e. The second-order valence-electron chi connectivity index (χ2n) is 6.51. The van der Waals surface area contributed by atoms with Crippen molar-refractivity contribution in [2.45, 2.75) is 13.8 Å². The molecule has 17 heteroatoms. The molecule has 0 unspecified atom stereocenters. The van der Waals surface area contributed by atoms with Gasteiger partial charge in [-0.2, -0.15) is 0 Å². The highest BCUT2D eigenvalue weighted by molar-refractivity contribution is 7.10. The lowest BCUT2D eigenvalue weighted by molar-refractivity contribution is 0.256. The molecule has 0 radical (unpaired) electrons. The zero-order valence-electron chi connectivity index (χ0n) is 19.0. The summed E-state index contributed by atoms with van der Waals surface area (Å²) in [4.78, 5) is 40.1. The van der Waals surface area contributed by atoms with Gasteiger partial charge in [0.25, 0.3) is 0 Å². The Morgan fingerprint density at radius 3 is 1.75 bits per heavy atom. The number of amides is 6. The quantitative estimate of drug-likeness (QED) is 0.227. The van der Waals surface area contributed by atoms with E-state index in [2.05, 4.69) is 61.9 Å². The van der Waals surface area contributed by atoms with Crippen LogP contribution in [0.4, 0.5) is 36.0 Å². The lowest BCUT2D eigenvalue weighted by Gasteiger charge is -2.04. The third-order valence-electron chi connectivity index (χ3n) is 3.48. The maximum Gasteiger partial charge on any atom is 0.325 e. The van der Waals surface area contributed by atoms with Crippen LogP contribution in [0.3, 0.4) is 0 Å². The molecular weight excluding hydrogens is 508 g/mol. The molecule has 0 aromatic carbocycles. The van der Waals surface area contributed by atoms with Crippen LogP contribution in [0.15, 0.2) is 48.9 Å². The molecule has 4 aromatic rings. The van der Waals surface area contributed by atoms with Crippen molar-refractivity contribution in [3.05, 3.63) is 60.2 Å². The van der Waals surface area contributed by atoms with E-state index in [1.807, 2.05) is 32.0 Å². The smallest absolute Gasteiger partial charge is 0.325 e. The number of anilines is 4. The van der Waals surface area contributed by atoms with Crippen LogP contribution in [0.5, 0.6) is 0 Å². The van der Waals surface area contributed by atoms with Gasteiger partial charge in [0.15, 0.2) is 0 Å². The van der Waals surface area contributed by atoms with Gasteiger partial charge in [0.05, 0.1) is 12.4 Å². The SMILES string of the molecule is Cc1ccc(NC(=O)Nc2cnns2)nc1.Cc1cccc(NC(=O)Nc2cnns2)n1.NC(N)=O. The second-order valence-corrected chi connectivity index (χ2v) is 8.08. The van der Waals surface area contributed by atoms with Gasteiger partial charge < -0.3 is 11.5 Å². The molecule has 0 aliphatic carbocycles. The molecule has 15 nitrogen and oxygen atoms in total. The molecule has 0 atom stereocenters. The standard InChI is InChI=1S/2C9H9N5OS.CH4N2O/c1-6-2-3-7(10-4-6)12-9(15)13-8-5-11-14-16-8;1-6-3-2-4-7(11-6)12-9(15)13-8-5-10-14-16-8;2-1(3)4/h2-5H,1H3,(H2,10,12,13,15);2-5H,1H3,(H2,11,12,13,15);(H4,2,3,4). The van der Waals surface area contributed by atoms with Crippen LogP contribution in [0.1, 0.15) is 11.3 Å². The number of hydrogen-bond donors (Lipinski definition) is 6. The van der Waals surface area contributed by atoms with Crippen LogP contribution < -0.4 is 32.7 Å². The van der Waals surface area contributed by atoms with Crippen molar-refractivity contribution in [2.24, 2.45) is 11.5 Å². The van der Waals surface area contributed by atoms with Crippen molar-refractivity contribution in [1.82, 2.24) is 29.1 Å². The number of primary amides is 2. The van der Waals surface area contributed by atoms with Gasteiger partial charge in [0, 0.05) is 35.0 Å². The van der Waals surface area contributed by atoms with E-state index in [-0.39, 0.29) is 12.1 Å². The number of pyridine rings is 2. The predicted molar refractivity (Wildman–Crippen MR) is 137 cm³/mol. The molecule has 0 aliphatic rings. The van der Waals surface area contributed by atoms with E-state index in [0.717, 1.165) is 34.3 Å². The molecule has 0 saturated heterocycles. The number of nitrogens with two attached hydrogens (primary N) is 2. The lowest BCUT2D eigenvalue weighted by atomic mass is 10.3. The Balaban J connectivity index is 0.000000221. The van der Waals surface area contributed by atoms with Gasteiger partial charge in [-0.1, -0.05) is 21.1 Å². The molecule has 0 aliphatic heterocycles. The van der Waals surface area contributed by atoms with Crippen LogP contribution in [0.25, 0.3) is 0 Å². The summed E-state index contributed by atoms with van der Waals surface area (Å²) in [5.41, 5.74) is 10.4. The number of aromatic nitrogens is 6. The molecule has 6 amide bonds. The topological polar surface area (TPSA) is 229 Å². The average Bonchev–Trinajstić information content (AvgIpc) is 3.50. The summed E-state index contributed by atoms with van der Waals surface area (Å²) in [6.45, 7) is 3.79. The molecule has 188 valence electrons. The summed E-state index contributed by atoms with van der Waals surface area (Å²) in [6, 6.07) is 7.46. The van der Waals surface area contributed by atoms with Gasteiger partial charge in [-0.3, -0.25) is 21.3 Å². The monoisotopic (exact) mass is 530 g/mol. The highest BCUT2D eigenvalue weighted by Gasteiger charge is 2.05. The van der Waals surface area contributed by atoms with E-state index >= 15 is 0 Å². The second kappa shape index (κ2) is 14.5. The van der Waals surface area contributed by atoms with Crippen molar-refractivity contribution in [3.8, 4) is 0 Å². The first-order chi connectivity index (χ1) is 17.2. The maximum atomic E-state index is 11.5. The van der Waals surface area contributed by atoms with E-state index in [4.69, 9.17) is 4.79 Å². The Morgan fingerprint density at radius 1 is 0.750 bits per heavy atom. The number of carbonyl (C=O) groups is 3. The van der Waals surface area contributed by atoms with E-state index in [0.29, 0.717) is 21.6 Å². The minimum absolute atomic E-state index is 0.357. The summed E-state index contributed by atoms with van der Waals surface area (Å²) in [5, 5.41) is 18.8. The highest BCUT2D eigenvalue weighted by atomic mass is 32.1. The molecule has 8 N–H and O–H groups in total. The number of rotatable bonds is 4. The van der Waals surface area contributed by atoms with Crippen LogP contribution in [-0.2, 0) is 0 Å². The van der Waals surface area contributed by atoms with Crippen molar-refractivity contribution >= 4 is 62.8 Å². The molecule has 4 heterocycles. The van der Waals surface area contributed by atoms with Gasteiger partial charge >= 0.3 is 18.1 Å². The molecule has 0 bridgehead atoms. The van der Waals surface area contributed by atoms with Crippen molar-refractivity contribution in [1.29, 1.82) is 0 Å². The van der Waals surface area contributed by atoms with Crippen molar-refractivity contribution < 1.29 is 14.4 Å². The third-order valence-corrected chi connectivity index (χ3v) is 4.64. The Morgan fingerprint density at radius 2 is 1.31 bits per heavy atom. The normalized spacial score (nSPS) is 9.39. The van der Waals surface area contributed by atoms with Crippen LogP contribution in [-0.4, -0.2) is 47.2 Å². The summed E-state index contributed by atoms with van der Waals surface area (Å²) in [6.07, 6.45) is 4.64. The van der Waals surface area contributed by atoms with Crippen LogP contribution in [0, 0.1) is 13.8 Å². The number of aryl methyl sites for hydroxylation is 2. The van der Waals surface area contributed by atoms with Gasteiger partial charge in [0.1, 0.15) is 21.6 Å². The lowest BCUT2D eigenvalue weighted by Crippen LogP contribution is -2.19. The van der Waals surface area contributed by atoms with Crippen LogP contribution >= 0.6 is 23.1 Å². The first-order valence-electron chi connectivity index (χ1n) is 9.83. The van der Waals surface area contributed by atoms with E-state index in [9.17, 15) is 9.59 Å². The van der Waals surface area contributed by atoms with E-state index in [1.165, 1.54) is 12.4 Å². The van der Waals surface area contributed by atoms with Crippen molar-refractivity contribution in [3.63, 3.8) is 0 Å². The fourth-order valence-electron chi connectivity index (χ4n) is 2.12. The number of nitrogens with one attached hydrogen (secondary N) is 4. The molecule has 0 spiro atoms. The first-order valence-corrected chi connectivity index (χ1v) is 11.4. The number of hydrogen-bond acceptors (Lipinski definition) is 11. The zero-order valence-corrected chi connectivity index (χ0v) is 20.6. The number of carbonyl (C=O) groups excluding carboxylic acids is 3. The Kier molecular flexibility index (Phi) is 11.1. The molecule has 36 heavy (non-hydrogen) atoms. The molecule has 0 fully saturated rings. The van der Waals surface area contributed by atoms with Gasteiger partial charge in [0.2, 0.25) is 0 Å².